The Labute approximate surface area is 224 Å². The van der Waals surface area contributed by atoms with Gasteiger partial charge in [0.15, 0.2) is 0 Å². The zero-order valence-corrected chi connectivity index (χ0v) is 24.2. The van der Waals surface area contributed by atoms with E-state index in [-0.39, 0.29) is 28.2 Å². The lowest BCUT2D eigenvalue weighted by Gasteiger charge is -2.58. The van der Waals surface area contributed by atoms with Crippen LogP contribution in [0.25, 0.3) is 0 Å². The van der Waals surface area contributed by atoms with E-state index in [1.54, 1.807) is 24.3 Å². The van der Waals surface area contributed by atoms with Crippen LogP contribution in [0, 0.1) is 23.7 Å². The van der Waals surface area contributed by atoms with E-state index in [2.05, 4.69) is 61.5 Å². The normalized spacial score (nSPS) is 28.8. The summed E-state index contributed by atoms with van der Waals surface area (Å²) in [6.45, 7) is 18.4. The van der Waals surface area contributed by atoms with Gasteiger partial charge in [-0.1, -0.05) is 80.4 Å². The third-order valence-electron chi connectivity index (χ3n) is 8.92. The van der Waals surface area contributed by atoms with Gasteiger partial charge < -0.3 is 19.7 Å². The molecule has 4 nitrogen and oxygen atoms in total. The molecule has 4 rings (SSSR count). The van der Waals surface area contributed by atoms with Crippen molar-refractivity contribution in [3.63, 3.8) is 0 Å². The first-order valence-corrected chi connectivity index (χ1v) is 14.3. The van der Waals surface area contributed by atoms with Crippen molar-refractivity contribution in [3.05, 3.63) is 47.5 Å². The average molecular weight is 509 g/mol. The Morgan fingerprint density at radius 2 is 1.27 bits per heavy atom. The lowest BCUT2D eigenvalue weighted by molar-refractivity contribution is -0.215. The highest BCUT2D eigenvalue weighted by Gasteiger charge is 2.61. The van der Waals surface area contributed by atoms with E-state index < -0.39 is 5.79 Å². The molecule has 0 aromatic heterocycles. The smallest absolute Gasteiger partial charge is 0.255 e. The maximum Gasteiger partial charge on any atom is 0.255 e. The molecule has 2 aromatic rings. The number of benzene rings is 2. The average Bonchev–Trinajstić information content (AvgIpc) is 2.79. The van der Waals surface area contributed by atoms with Gasteiger partial charge >= 0.3 is 0 Å². The van der Waals surface area contributed by atoms with Gasteiger partial charge in [0.1, 0.15) is 23.0 Å². The molecule has 2 aliphatic heterocycles. The first-order valence-electron chi connectivity index (χ1n) is 14.3. The molecule has 0 bridgehead atoms. The van der Waals surface area contributed by atoms with Gasteiger partial charge in [0.2, 0.25) is 0 Å². The van der Waals surface area contributed by atoms with Crippen molar-refractivity contribution in [2.75, 3.05) is 0 Å². The summed E-state index contributed by atoms with van der Waals surface area (Å²) in [5, 5.41) is 20.9. The number of aromatic hydroxyl groups is 2. The van der Waals surface area contributed by atoms with Crippen molar-refractivity contribution in [2.24, 2.45) is 23.7 Å². The summed E-state index contributed by atoms with van der Waals surface area (Å²) in [6, 6.07) is 11.2. The van der Waals surface area contributed by atoms with Crippen molar-refractivity contribution in [1.29, 1.82) is 0 Å². The largest absolute Gasteiger partial charge is 0.508 e. The van der Waals surface area contributed by atoms with Gasteiger partial charge in [-0.2, -0.15) is 0 Å². The second-order valence-electron chi connectivity index (χ2n) is 13.6. The molecule has 204 valence electrons. The van der Waals surface area contributed by atoms with Crippen LogP contribution in [0.3, 0.4) is 0 Å². The maximum atomic E-state index is 10.5. The summed E-state index contributed by atoms with van der Waals surface area (Å²) in [5.74, 6) is 2.69. The standard InChI is InChI=1S/C33H48O4/c1-21(2)13-15-31(7)20-33(36-28-18-24(34)9-11-26(28)31)30(17-23(5)6)32(8,16-14-22(3)4)27-12-10-25(35)19-29(27)37-33/h9-12,18-19,21-23,30,34-35H,13-17,20H2,1-8H3. The maximum absolute atomic E-state index is 10.5. The molecule has 1 spiro atoms. The van der Waals surface area contributed by atoms with Crippen LogP contribution in [-0.4, -0.2) is 16.0 Å². The summed E-state index contributed by atoms with van der Waals surface area (Å²) in [6.07, 6.45) is 5.93. The summed E-state index contributed by atoms with van der Waals surface area (Å²) in [4.78, 5) is 0. The Morgan fingerprint density at radius 3 is 1.81 bits per heavy atom. The molecule has 2 aromatic carbocycles. The SMILES string of the molecule is CC(C)CCC1(C)CC2(Oc3cc(O)ccc31)Oc1cc(O)ccc1C(C)(CCC(C)C)C2CC(C)C. The van der Waals surface area contributed by atoms with Crippen LogP contribution in [0.5, 0.6) is 23.0 Å². The van der Waals surface area contributed by atoms with E-state index in [4.69, 9.17) is 9.47 Å². The summed E-state index contributed by atoms with van der Waals surface area (Å²) in [5.41, 5.74) is 1.95. The van der Waals surface area contributed by atoms with Crippen LogP contribution in [-0.2, 0) is 10.8 Å². The van der Waals surface area contributed by atoms with Crippen molar-refractivity contribution in [1.82, 2.24) is 0 Å². The zero-order valence-electron chi connectivity index (χ0n) is 24.2. The Balaban J connectivity index is 1.93. The second kappa shape index (κ2) is 10.1. The van der Waals surface area contributed by atoms with Crippen molar-refractivity contribution >= 4 is 0 Å². The monoisotopic (exact) mass is 508 g/mol. The lowest BCUT2D eigenvalue weighted by Crippen LogP contribution is -2.63. The molecule has 2 aliphatic rings. The lowest BCUT2D eigenvalue weighted by atomic mass is 9.57. The first kappa shape index (κ1) is 27.7. The van der Waals surface area contributed by atoms with Gasteiger partial charge in [-0.25, -0.2) is 0 Å². The van der Waals surface area contributed by atoms with Crippen LogP contribution < -0.4 is 9.47 Å². The number of hydrogen-bond donors (Lipinski definition) is 2. The summed E-state index contributed by atoms with van der Waals surface area (Å²) in [7, 11) is 0. The molecule has 0 saturated carbocycles. The highest BCUT2D eigenvalue weighted by molar-refractivity contribution is 5.51. The highest BCUT2D eigenvalue weighted by Crippen LogP contribution is 2.60. The topological polar surface area (TPSA) is 58.9 Å². The van der Waals surface area contributed by atoms with Crippen molar-refractivity contribution < 1.29 is 19.7 Å². The third kappa shape index (κ3) is 5.31. The molecule has 4 heteroatoms. The predicted molar refractivity (Wildman–Crippen MR) is 151 cm³/mol. The van der Waals surface area contributed by atoms with E-state index >= 15 is 0 Å². The Morgan fingerprint density at radius 1 is 0.757 bits per heavy atom. The molecule has 37 heavy (non-hydrogen) atoms. The van der Waals surface area contributed by atoms with Crippen molar-refractivity contribution in [2.45, 2.75) is 111 Å². The molecule has 0 amide bonds. The quantitative estimate of drug-likeness (QED) is 0.374. The fourth-order valence-corrected chi connectivity index (χ4v) is 6.84. The number of fused-ring (bicyclic) bond motifs is 2. The molecular weight excluding hydrogens is 460 g/mol. The van der Waals surface area contributed by atoms with Crippen LogP contribution in [0.1, 0.15) is 105 Å². The third-order valence-corrected chi connectivity index (χ3v) is 8.92. The highest BCUT2D eigenvalue weighted by atomic mass is 16.7. The minimum Gasteiger partial charge on any atom is -0.508 e. The molecule has 0 aliphatic carbocycles. The second-order valence-corrected chi connectivity index (χ2v) is 13.6. The van der Waals surface area contributed by atoms with Gasteiger partial charge in [-0.15, -0.1) is 0 Å². The molecule has 0 radical (unpaired) electrons. The van der Waals surface area contributed by atoms with Gasteiger partial charge in [-0.3, -0.25) is 0 Å². The Hall–Kier alpha value is -2.36. The molecule has 2 N–H and O–H groups in total. The fraction of sp³-hybridized carbons (Fsp3) is 0.636. The van der Waals surface area contributed by atoms with Gasteiger partial charge in [0.05, 0.1) is 0 Å². The Bertz CT molecular complexity index is 1100. The number of rotatable bonds is 8. The van der Waals surface area contributed by atoms with Gasteiger partial charge in [-0.05, 0) is 49.1 Å². The van der Waals surface area contributed by atoms with E-state index in [1.807, 2.05) is 6.07 Å². The van der Waals surface area contributed by atoms with Crippen LogP contribution in [0.4, 0.5) is 0 Å². The number of phenols is 2. The van der Waals surface area contributed by atoms with Crippen LogP contribution in [0.2, 0.25) is 0 Å². The molecular formula is C33H48O4. The van der Waals surface area contributed by atoms with Crippen molar-refractivity contribution in [3.8, 4) is 23.0 Å². The molecule has 0 saturated heterocycles. The minimum absolute atomic E-state index is 0.102. The molecule has 0 fully saturated rings. The number of ether oxygens (including phenoxy) is 2. The van der Waals surface area contributed by atoms with E-state index in [1.165, 1.54) is 0 Å². The number of hydrogen-bond acceptors (Lipinski definition) is 4. The zero-order chi connectivity index (χ0) is 27.2. The minimum atomic E-state index is -0.899. The molecule has 4 atom stereocenters. The first-order chi connectivity index (χ1) is 17.3. The van der Waals surface area contributed by atoms with Crippen LogP contribution in [0.15, 0.2) is 36.4 Å². The predicted octanol–water partition coefficient (Wildman–Crippen LogP) is 8.72. The fourth-order valence-electron chi connectivity index (χ4n) is 6.84. The summed E-state index contributed by atoms with van der Waals surface area (Å²) >= 11 is 0. The van der Waals surface area contributed by atoms with Gasteiger partial charge in [0, 0.05) is 46.4 Å². The van der Waals surface area contributed by atoms with Crippen LogP contribution >= 0.6 is 0 Å². The van der Waals surface area contributed by atoms with E-state index in [0.29, 0.717) is 17.8 Å². The summed E-state index contributed by atoms with van der Waals surface area (Å²) < 4.78 is 14.0. The molecule has 2 heterocycles. The number of phenolic OH excluding ortho intramolecular Hbond substituents is 2. The van der Waals surface area contributed by atoms with Gasteiger partial charge in [0.25, 0.3) is 5.79 Å². The Kier molecular flexibility index (Phi) is 7.53. The van der Waals surface area contributed by atoms with E-state index in [0.717, 1.165) is 61.2 Å². The molecule has 4 unspecified atom stereocenters. The van der Waals surface area contributed by atoms with E-state index in [9.17, 15) is 10.2 Å².